The van der Waals surface area contributed by atoms with Gasteiger partial charge in [0.15, 0.2) is 6.20 Å². The first-order chi connectivity index (χ1) is 13.2. The van der Waals surface area contributed by atoms with Gasteiger partial charge in [-0.3, -0.25) is 0 Å². The summed E-state index contributed by atoms with van der Waals surface area (Å²) in [5.41, 5.74) is 13.1. The third-order valence-corrected chi connectivity index (χ3v) is 6.31. The molecular formula is C25H21N2+. The normalized spacial score (nSPS) is 17.4. The van der Waals surface area contributed by atoms with Crippen LogP contribution in [-0.2, 0) is 5.41 Å². The van der Waals surface area contributed by atoms with Gasteiger partial charge in [-0.1, -0.05) is 59.7 Å². The maximum atomic E-state index is 3.64. The first-order valence-electron chi connectivity index (χ1n) is 9.60. The number of aromatic amines is 1. The fourth-order valence-electron chi connectivity index (χ4n) is 5.29. The summed E-state index contributed by atoms with van der Waals surface area (Å²) >= 11 is 0. The average Bonchev–Trinajstić information content (AvgIpc) is 3.14. The molecule has 2 heterocycles. The highest BCUT2D eigenvalue weighted by Crippen LogP contribution is 2.61. The Morgan fingerprint density at radius 2 is 1.59 bits per heavy atom. The number of nitrogens with one attached hydrogen (secondary N) is 2. The van der Waals surface area contributed by atoms with Gasteiger partial charge < -0.3 is 5.32 Å². The predicted octanol–water partition coefficient (Wildman–Crippen LogP) is 4.32. The van der Waals surface area contributed by atoms with E-state index in [2.05, 4.69) is 84.8 Å². The second kappa shape index (κ2) is 4.98. The number of hydrogen-bond acceptors (Lipinski definition) is 1. The number of allylic oxidation sites excluding steroid dienone is 2. The number of dihydropyridines is 1. The Labute approximate surface area is 159 Å². The number of aromatic nitrogens is 1. The molecule has 0 unspecified atom stereocenters. The Bertz CT molecular complexity index is 1150. The van der Waals surface area contributed by atoms with Crippen molar-refractivity contribution in [3.8, 4) is 11.1 Å². The van der Waals surface area contributed by atoms with Crippen LogP contribution in [0.25, 0.3) is 16.8 Å². The SMILES string of the molecule is Cc1ccc2c(c1)C1(C3=C(NCC=C3)c3[nH+]cccc31)c1cc(C)ccc1-2. The van der Waals surface area contributed by atoms with Gasteiger partial charge >= 0.3 is 0 Å². The number of fused-ring (bicyclic) bond motifs is 9. The highest BCUT2D eigenvalue weighted by Gasteiger charge is 2.55. The van der Waals surface area contributed by atoms with E-state index in [0.717, 1.165) is 6.54 Å². The van der Waals surface area contributed by atoms with Crippen LogP contribution in [0.4, 0.5) is 0 Å². The van der Waals surface area contributed by atoms with Crippen molar-refractivity contribution in [3.05, 3.63) is 106 Å². The fourth-order valence-corrected chi connectivity index (χ4v) is 5.29. The smallest absolute Gasteiger partial charge is 0.232 e. The number of benzene rings is 2. The van der Waals surface area contributed by atoms with E-state index in [1.54, 1.807) is 0 Å². The Kier molecular flexibility index (Phi) is 2.76. The molecular weight excluding hydrogens is 328 g/mol. The van der Waals surface area contributed by atoms with E-state index < -0.39 is 0 Å². The van der Waals surface area contributed by atoms with Crippen molar-refractivity contribution >= 4 is 5.70 Å². The predicted molar refractivity (Wildman–Crippen MR) is 108 cm³/mol. The maximum Gasteiger partial charge on any atom is 0.232 e. The first-order valence-corrected chi connectivity index (χ1v) is 9.60. The minimum absolute atomic E-state index is 0.241. The lowest BCUT2D eigenvalue weighted by molar-refractivity contribution is -0.382. The zero-order valence-corrected chi connectivity index (χ0v) is 15.6. The summed E-state index contributed by atoms with van der Waals surface area (Å²) in [5, 5.41) is 3.64. The molecule has 3 aromatic rings. The maximum absolute atomic E-state index is 3.64. The molecule has 1 spiro atoms. The molecule has 2 aliphatic carbocycles. The monoisotopic (exact) mass is 349 g/mol. The van der Waals surface area contributed by atoms with Crippen molar-refractivity contribution < 1.29 is 4.98 Å². The summed E-state index contributed by atoms with van der Waals surface area (Å²) in [4.78, 5) is 3.54. The van der Waals surface area contributed by atoms with Gasteiger partial charge in [-0.2, -0.15) is 0 Å². The van der Waals surface area contributed by atoms with Crippen LogP contribution < -0.4 is 10.3 Å². The molecule has 0 saturated heterocycles. The zero-order chi connectivity index (χ0) is 18.2. The first kappa shape index (κ1) is 15.0. The lowest BCUT2D eigenvalue weighted by Gasteiger charge is -2.31. The van der Waals surface area contributed by atoms with E-state index in [4.69, 9.17) is 0 Å². The summed E-state index contributed by atoms with van der Waals surface area (Å²) in [6, 6.07) is 18.3. The molecule has 2 N–H and O–H groups in total. The van der Waals surface area contributed by atoms with Crippen molar-refractivity contribution in [3.63, 3.8) is 0 Å². The Balaban J connectivity index is 1.84. The van der Waals surface area contributed by atoms with E-state index in [-0.39, 0.29) is 5.41 Å². The lowest BCUT2D eigenvalue weighted by Crippen LogP contribution is -2.28. The van der Waals surface area contributed by atoms with Crippen LogP contribution in [-0.4, -0.2) is 6.54 Å². The number of H-pyrrole nitrogens is 1. The van der Waals surface area contributed by atoms with Crippen LogP contribution in [0.15, 0.2) is 72.5 Å². The Morgan fingerprint density at radius 3 is 2.30 bits per heavy atom. The number of aryl methyl sites for hydroxylation is 2. The molecule has 130 valence electrons. The summed E-state index contributed by atoms with van der Waals surface area (Å²) in [5.74, 6) is 0. The molecule has 0 amide bonds. The van der Waals surface area contributed by atoms with Crippen LogP contribution >= 0.6 is 0 Å². The third-order valence-electron chi connectivity index (χ3n) is 6.31. The van der Waals surface area contributed by atoms with Gasteiger partial charge in [-0.05, 0) is 42.2 Å². The molecule has 6 rings (SSSR count). The molecule has 0 radical (unpaired) electrons. The second-order valence-corrected chi connectivity index (χ2v) is 7.88. The van der Waals surface area contributed by atoms with Gasteiger partial charge in [0.2, 0.25) is 5.69 Å². The van der Waals surface area contributed by atoms with Crippen LogP contribution in [0.2, 0.25) is 0 Å². The van der Waals surface area contributed by atoms with Gasteiger partial charge in [0.25, 0.3) is 0 Å². The quantitative estimate of drug-likeness (QED) is 0.643. The lowest BCUT2D eigenvalue weighted by atomic mass is 9.69. The molecule has 0 saturated carbocycles. The van der Waals surface area contributed by atoms with Crippen LogP contribution in [0, 0.1) is 13.8 Å². The van der Waals surface area contributed by atoms with E-state index >= 15 is 0 Å². The molecule has 3 aliphatic rings. The number of pyridine rings is 1. The summed E-state index contributed by atoms with van der Waals surface area (Å²) in [6.45, 7) is 5.26. The molecule has 2 nitrogen and oxygen atoms in total. The molecule has 0 bridgehead atoms. The number of rotatable bonds is 0. The summed E-state index contributed by atoms with van der Waals surface area (Å²) in [6.07, 6.45) is 6.62. The average molecular weight is 349 g/mol. The number of hydrogen-bond donors (Lipinski definition) is 1. The van der Waals surface area contributed by atoms with Crippen molar-refractivity contribution in [1.29, 1.82) is 0 Å². The Hall–Kier alpha value is -3.13. The Morgan fingerprint density at radius 1 is 0.889 bits per heavy atom. The zero-order valence-electron chi connectivity index (χ0n) is 15.6. The van der Waals surface area contributed by atoms with E-state index in [1.807, 2.05) is 6.20 Å². The molecule has 27 heavy (non-hydrogen) atoms. The van der Waals surface area contributed by atoms with Gasteiger partial charge in [0.05, 0.1) is 5.41 Å². The van der Waals surface area contributed by atoms with E-state index in [9.17, 15) is 0 Å². The fraction of sp³-hybridized carbons (Fsp3) is 0.160. The minimum atomic E-state index is -0.241. The highest BCUT2D eigenvalue weighted by atomic mass is 14.9. The standard InChI is InChI=1S/C25H20N2/c1-15-7-9-17-18-10-8-16(2)14-22(18)25(21(17)13-15)19-5-3-11-26-23(19)24-20(25)6-4-12-27-24/h3-11,13-14,27H,12H2,1-2H3/p+1. The van der Waals surface area contributed by atoms with Gasteiger partial charge in [-0.15, -0.1) is 0 Å². The highest BCUT2D eigenvalue weighted by molar-refractivity contribution is 5.94. The summed E-state index contributed by atoms with van der Waals surface area (Å²) < 4.78 is 0. The summed E-state index contributed by atoms with van der Waals surface area (Å²) in [7, 11) is 0. The van der Waals surface area contributed by atoms with E-state index in [1.165, 1.54) is 55.9 Å². The molecule has 1 aliphatic heterocycles. The second-order valence-electron chi connectivity index (χ2n) is 7.88. The van der Waals surface area contributed by atoms with Crippen LogP contribution in [0.1, 0.15) is 33.5 Å². The third kappa shape index (κ3) is 1.69. The van der Waals surface area contributed by atoms with Crippen LogP contribution in [0.5, 0.6) is 0 Å². The van der Waals surface area contributed by atoms with Crippen molar-refractivity contribution in [2.75, 3.05) is 6.54 Å². The molecule has 0 atom stereocenters. The van der Waals surface area contributed by atoms with Gasteiger partial charge in [0.1, 0.15) is 5.70 Å². The molecule has 0 fully saturated rings. The topological polar surface area (TPSA) is 26.2 Å². The van der Waals surface area contributed by atoms with Gasteiger partial charge in [-0.25, -0.2) is 4.98 Å². The van der Waals surface area contributed by atoms with Crippen molar-refractivity contribution in [1.82, 2.24) is 5.32 Å². The largest absolute Gasteiger partial charge is 0.376 e. The van der Waals surface area contributed by atoms with Crippen molar-refractivity contribution in [2.24, 2.45) is 0 Å². The van der Waals surface area contributed by atoms with Crippen LogP contribution in [0.3, 0.4) is 0 Å². The molecule has 2 aromatic carbocycles. The minimum Gasteiger partial charge on any atom is -0.376 e. The van der Waals surface area contributed by atoms with Gasteiger partial charge in [0, 0.05) is 23.7 Å². The molecule has 1 aromatic heterocycles. The van der Waals surface area contributed by atoms with Crippen molar-refractivity contribution in [2.45, 2.75) is 19.3 Å². The van der Waals surface area contributed by atoms with E-state index in [0.29, 0.717) is 0 Å². The molecule has 2 heteroatoms.